The molecule has 1 aliphatic heterocycles. The van der Waals surface area contributed by atoms with Gasteiger partial charge in [-0.1, -0.05) is 23.2 Å². The van der Waals surface area contributed by atoms with E-state index in [1.54, 1.807) is 7.05 Å². The third-order valence-electron chi connectivity index (χ3n) is 3.28. The maximum atomic E-state index is 13.9. The van der Waals surface area contributed by atoms with Crippen LogP contribution in [0, 0.1) is 5.82 Å². The summed E-state index contributed by atoms with van der Waals surface area (Å²) in [5.41, 5.74) is 3.24. The average Bonchev–Trinajstić information content (AvgIpc) is 2.42. The van der Waals surface area contributed by atoms with Crippen LogP contribution in [0.2, 0.25) is 10.0 Å². The van der Waals surface area contributed by atoms with Crippen molar-refractivity contribution in [2.45, 2.75) is 13.0 Å². The van der Waals surface area contributed by atoms with Crippen LogP contribution in [0.1, 0.15) is 11.3 Å². The minimum Gasteiger partial charge on any atom is -0.387 e. The zero-order chi connectivity index (χ0) is 13.6. The molecule has 6 heteroatoms. The van der Waals surface area contributed by atoms with E-state index in [2.05, 4.69) is 10.3 Å². The van der Waals surface area contributed by atoms with Crippen molar-refractivity contribution in [3.63, 3.8) is 0 Å². The number of hydrogen-bond acceptors (Lipinski definition) is 3. The van der Waals surface area contributed by atoms with E-state index in [1.807, 2.05) is 0 Å². The number of rotatable bonds is 1. The van der Waals surface area contributed by atoms with E-state index < -0.39 is 5.82 Å². The summed E-state index contributed by atoms with van der Waals surface area (Å²) in [6.45, 7) is 1.09. The van der Waals surface area contributed by atoms with Crippen molar-refractivity contribution in [1.82, 2.24) is 4.98 Å². The third kappa shape index (κ3) is 1.95. The molecule has 0 radical (unpaired) electrons. The van der Waals surface area contributed by atoms with E-state index in [9.17, 15) is 4.39 Å². The number of nitrogens with zero attached hydrogens (tertiary/aromatic N) is 1. The van der Waals surface area contributed by atoms with Crippen molar-refractivity contribution < 1.29 is 9.13 Å². The van der Waals surface area contributed by atoms with Gasteiger partial charge in [-0.05, 0) is 6.07 Å². The summed E-state index contributed by atoms with van der Waals surface area (Å²) < 4.78 is 19.3. The highest BCUT2D eigenvalue weighted by atomic mass is 35.5. The Kier molecular flexibility index (Phi) is 3.25. The molecule has 0 aliphatic carbocycles. The zero-order valence-electron chi connectivity index (χ0n) is 10.2. The van der Waals surface area contributed by atoms with Crippen molar-refractivity contribution in [1.29, 1.82) is 0 Å². The summed E-state index contributed by atoms with van der Waals surface area (Å²) in [4.78, 5) is 4.53. The highest BCUT2D eigenvalue weighted by Crippen LogP contribution is 2.39. The van der Waals surface area contributed by atoms with Crippen molar-refractivity contribution >= 4 is 39.8 Å². The number of pyridine rings is 1. The first kappa shape index (κ1) is 12.9. The predicted molar refractivity (Wildman–Crippen MR) is 74.6 cm³/mol. The van der Waals surface area contributed by atoms with Gasteiger partial charge >= 0.3 is 0 Å². The lowest BCUT2D eigenvalue weighted by Crippen LogP contribution is -2.14. The molecule has 2 heterocycles. The first-order chi connectivity index (χ1) is 9.13. The number of aromatic nitrogens is 1. The van der Waals surface area contributed by atoms with Gasteiger partial charge < -0.3 is 10.1 Å². The summed E-state index contributed by atoms with van der Waals surface area (Å²) in [5, 5.41) is 3.60. The van der Waals surface area contributed by atoms with Gasteiger partial charge in [-0.25, -0.2) is 4.39 Å². The SMILES string of the molecule is CNc1c2c(nc3cc(Cl)c(F)c(Cl)c13)CCOC2. The van der Waals surface area contributed by atoms with E-state index in [0.29, 0.717) is 24.1 Å². The summed E-state index contributed by atoms with van der Waals surface area (Å²) >= 11 is 11.9. The first-order valence-corrected chi connectivity index (χ1v) is 6.63. The molecular weight excluding hydrogens is 290 g/mol. The topological polar surface area (TPSA) is 34.2 Å². The second-order valence-electron chi connectivity index (χ2n) is 4.35. The number of nitrogens with one attached hydrogen (secondary N) is 1. The molecular formula is C13H11Cl2FN2O. The number of fused-ring (bicyclic) bond motifs is 2. The summed E-state index contributed by atoms with van der Waals surface area (Å²) in [5.74, 6) is -0.620. The van der Waals surface area contributed by atoms with Crippen LogP contribution < -0.4 is 5.32 Å². The fraction of sp³-hybridized carbons (Fsp3) is 0.308. The summed E-state index contributed by atoms with van der Waals surface area (Å²) in [6, 6.07) is 1.51. The largest absolute Gasteiger partial charge is 0.387 e. The van der Waals surface area contributed by atoms with Crippen LogP contribution in [-0.4, -0.2) is 18.6 Å². The molecule has 1 aromatic carbocycles. The summed E-state index contributed by atoms with van der Waals surface area (Å²) in [7, 11) is 1.77. The van der Waals surface area contributed by atoms with Gasteiger partial charge in [-0.15, -0.1) is 0 Å². The van der Waals surface area contributed by atoms with Crippen LogP contribution in [-0.2, 0) is 17.8 Å². The van der Waals surface area contributed by atoms with Gasteiger partial charge in [0.05, 0.1) is 40.2 Å². The van der Waals surface area contributed by atoms with Gasteiger partial charge in [0.15, 0.2) is 5.82 Å². The molecule has 0 atom stereocenters. The normalized spacial score (nSPS) is 14.5. The molecule has 3 rings (SSSR count). The molecule has 0 fully saturated rings. The molecule has 0 bridgehead atoms. The molecule has 0 unspecified atom stereocenters. The van der Waals surface area contributed by atoms with Crippen molar-refractivity contribution in [2.24, 2.45) is 0 Å². The third-order valence-corrected chi connectivity index (χ3v) is 3.91. The van der Waals surface area contributed by atoms with E-state index in [1.165, 1.54) is 6.07 Å². The van der Waals surface area contributed by atoms with Crippen molar-refractivity contribution in [3.05, 3.63) is 33.2 Å². The molecule has 1 aliphatic rings. The van der Waals surface area contributed by atoms with Gasteiger partial charge in [-0.3, -0.25) is 4.98 Å². The minimum absolute atomic E-state index is 0.00674. The number of ether oxygens (including phenoxy) is 1. The maximum absolute atomic E-state index is 13.9. The minimum atomic E-state index is -0.620. The smallest absolute Gasteiger partial charge is 0.161 e. The molecule has 0 spiro atoms. The first-order valence-electron chi connectivity index (χ1n) is 5.88. The Hall–Kier alpha value is -1.10. The second kappa shape index (κ2) is 4.78. The Morgan fingerprint density at radius 2 is 2.21 bits per heavy atom. The Bertz CT molecular complexity index is 676. The molecule has 0 amide bonds. The van der Waals surface area contributed by atoms with Crippen LogP contribution in [0.3, 0.4) is 0 Å². The fourth-order valence-electron chi connectivity index (χ4n) is 2.40. The van der Waals surface area contributed by atoms with Crippen molar-refractivity contribution in [3.8, 4) is 0 Å². The van der Waals surface area contributed by atoms with E-state index in [4.69, 9.17) is 27.9 Å². The van der Waals surface area contributed by atoms with Crippen LogP contribution in [0.4, 0.5) is 10.1 Å². The molecule has 2 aromatic rings. The Balaban J connectivity index is 2.44. The number of halogens is 3. The number of hydrogen-bond donors (Lipinski definition) is 1. The van der Waals surface area contributed by atoms with Gasteiger partial charge in [-0.2, -0.15) is 0 Å². The highest BCUT2D eigenvalue weighted by molar-refractivity contribution is 6.39. The lowest BCUT2D eigenvalue weighted by Gasteiger charge is -2.21. The number of anilines is 1. The van der Waals surface area contributed by atoms with Gasteiger partial charge in [0.25, 0.3) is 0 Å². The van der Waals surface area contributed by atoms with Crippen LogP contribution in [0.15, 0.2) is 6.07 Å². The average molecular weight is 301 g/mol. The standard InChI is InChI=1S/C13H11Cl2FN2O/c1-17-13-6-5-19-3-2-8(6)18-9-4-7(14)12(16)11(15)10(9)13/h4H,2-3,5H2,1H3,(H,17,18). The maximum Gasteiger partial charge on any atom is 0.161 e. The van der Waals surface area contributed by atoms with Crippen LogP contribution in [0.5, 0.6) is 0 Å². The Morgan fingerprint density at radius 1 is 1.42 bits per heavy atom. The molecule has 19 heavy (non-hydrogen) atoms. The lowest BCUT2D eigenvalue weighted by atomic mass is 10.0. The molecule has 1 aromatic heterocycles. The predicted octanol–water partition coefficient (Wildman–Crippen LogP) is 3.80. The van der Waals surface area contributed by atoms with Gasteiger partial charge in [0, 0.05) is 24.4 Å². The van der Waals surface area contributed by atoms with E-state index in [-0.39, 0.29) is 10.0 Å². The van der Waals surface area contributed by atoms with Crippen molar-refractivity contribution in [2.75, 3.05) is 19.0 Å². The van der Waals surface area contributed by atoms with Gasteiger partial charge in [0.1, 0.15) is 0 Å². The van der Waals surface area contributed by atoms with Crippen LogP contribution in [0.25, 0.3) is 10.9 Å². The van der Waals surface area contributed by atoms with E-state index >= 15 is 0 Å². The fourth-order valence-corrected chi connectivity index (χ4v) is 2.94. The molecule has 0 saturated carbocycles. The molecule has 3 nitrogen and oxygen atoms in total. The summed E-state index contributed by atoms with van der Waals surface area (Å²) in [6.07, 6.45) is 0.729. The number of benzene rings is 1. The van der Waals surface area contributed by atoms with Gasteiger partial charge in [0.2, 0.25) is 0 Å². The lowest BCUT2D eigenvalue weighted by molar-refractivity contribution is 0.110. The highest BCUT2D eigenvalue weighted by Gasteiger charge is 2.22. The molecule has 100 valence electrons. The monoisotopic (exact) mass is 300 g/mol. The second-order valence-corrected chi connectivity index (χ2v) is 5.13. The Labute approximate surface area is 119 Å². The van der Waals surface area contributed by atoms with E-state index in [0.717, 1.165) is 23.4 Å². The van der Waals surface area contributed by atoms with Crippen LogP contribution >= 0.6 is 23.2 Å². The zero-order valence-corrected chi connectivity index (χ0v) is 11.7. The quantitative estimate of drug-likeness (QED) is 0.814. The molecule has 0 saturated heterocycles. The Morgan fingerprint density at radius 3 is 2.95 bits per heavy atom. The molecule has 1 N–H and O–H groups in total.